The molecule has 0 aliphatic rings. The Balaban J connectivity index is 1.50. The molecule has 18 nitrogen and oxygen atoms in total. The van der Waals surface area contributed by atoms with Gasteiger partial charge in [0.15, 0.2) is 0 Å². The van der Waals surface area contributed by atoms with Crippen molar-refractivity contribution in [2.45, 2.75) is 14.7 Å². The second-order valence-corrected chi connectivity index (χ2v) is 13.6. The predicted octanol–water partition coefficient (Wildman–Crippen LogP) is 0.258. The number of rotatable bonds is 15. The molecule has 12 N–H and O–H groups in total. The van der Waals surface area contributed by atoms with Crippen LogP contribution in [0.1, 0.15) is 0 Å². The van der Waals surface area contributed by atoms with E-state index < -0.39 is 30.1 Å². The fourth-order valence-electron chi connectivity index (χ4n) is 3.85. The second kappa shape index (κ2) is 13.9. The summed E-state index contributed by atoms with van der Waals surface area (Å²) in [5, 5.41) is 33.3. The third-order valence-corrected chi connectivity index (χ3v) is 8.70. The van der Waals surface area contributed by atoms with Gasteiger partial charge in [-0.2, -0.15) is 15.0 Å². The maximum absolute atomic E-state index is 11.9. The molecule has 45 heavy (non-hydrogen) atoms. The zero-order chi connectivity index (χ0) is 32.7. The van der Waals surface area contributed by atoms with Crippen LogP contribution in [0.25, 0.3) is 0 Å². The quantitative estimate of drug-likeness (QED) is 0.0762. The maximum Gasteiger partial charge on any atom is 0.240 e. The molecule has 0 fully saturated rings. The minimum absolute atomic E-state index is 0.0323. The monoisotopic (exact) mass is 678 g/mol. The van der Waals surface area contributed by atoms with E-state index in [4.69, 9.17) is 15.4 Å². The van der Waals surface area contributed by atoms with E-state index in [1.54, 1.807) is 18.2 Å². The molecule has 0 saturated heterocycles. The van der Waals surface area contributed by atoms with Gasteiger partial charge in [-0.05, 0) is 36.4 Å². The van der Waals surface area contributed by atoms with Gasteiger partial charge < -0.3 is 31.9 Å². The summed E-state index contributed by atoms with van der Waals surface area (Å²) in [5.74, 6) is 0.140. The van der Waals surface area contributed by atoms with E-state index in [1.165, 1.54) is 54.6 Å². The van der Waals surface area contributed by atoms with Gasteiger partial charge in [0, 0.05) is 0 Å². The van der Waals surface area contributed by atoms with Gasteiger partial charge in [0.25, 0.3) is 0 Å². The lowest BCUT2D eigenvalue weighted by atomic mass is 10.3. The van der Waals surface area contributed by atoms with Crippen molar-refractivity contribution in [1.82, 2.24) is 15.0 Å². The number of para-hydroxylation sites is 3. The molecule has 1 heterocycles. The highest BCUT2D eigenvalue weighted by Gasteiger charge is 2.15. The van der Waals surface area contributed by atoms with Gasteiger partial charge in [0.2, 0.25) is 47.9 Å². The summed E-state index contributed by atoms with van der Waals surface area (Å²) in [7, 11) is -12.0. The molecule has 0 spiro atoms. The molecule has 0 unspecified atom stereocenters. The molecule has 21 heteroatoms. The van der Waals surface area contributed by atoms with E-state index in [1.807, 2.05) is 0 Å². The summed E-state index contributed by atoms with van der Waals surface area (Å²) in [6, 6.07) is 18.2. The largest absolute Gasteiger partial charge is 0.367 e. The lowest BCUT2D eigenvalue weighted by Gasteiger charge is -2.15. The molecule has 0 aliphatic carbocycles. The Bertz CT molecular complexity index is 1760. The van der Waals surface area contributed by atoms with Gasteiger partial charge in [-0.3, -0.25) is 0 Å². The van der Waals surface area contributed by atoms with Gasteiger partial charge in [-0.15, -0.1) is 0 Å². The summed E-state index contributed by atoms with van der Waals surface area (Å²) in [6.45, 7) is -0.0970. The van der Waals surface area contributed by atoms with Crippen molar-refractivity contribution in [2.75, 3.05) is 51.9 Å². The highest BCUT2D eigenvalue weighted by atomic mass is 32.2. The van der Waals surface area contributed by atoms with Crippen LogP contribution in [0.5, 0.6) is 0 Å². The lowest BCUT2D eigenvalue weighted by Crippen LogP contribution is -2.22. The first-order chi connectivity index (χ1) is 21.2. The Morgan fingerprint density at radius 3 is 0.911 bits per heavy atom. The lowest BCUT2D eigenvalue weighted by molar-refractivity contribution is 0.596. The first-order valence-corrected chi connectivity index (χ1v) is 17.4. The van der Waals surface area contributed by atoms with Crippen molar-refractivity contribution < 1.29 is 25.3 Å². The Morgan fingerprint density at radius 2 is 0.667 bits per heavy atom. The van der Waals surface area contributed by atoms with E-state index in [-0.39, 0.29) is 69.6 Å². The van der Waals surface area contributed by atoms with Crippen LogP contribution in [0.3, 0.4) is 0 Å². The molecule has 0 saturated carbocycles. The molecule has 0 radical (unpaired) electrons. The fraction of sp³-hybridized carbons (Fsp3) is 0.125. The van der Waals surface area contributed by atoms with Gasteiger partial charge in [0.1, 0.15) is 14.7 Å². The van der Waals surface area contributed by atoms with Crippen molar-refractivity contribution >= 4 is 65.0 Å². The zero-order valence-electron chi connectivity index (χ0n) is 23.3. The summed E-state index contributed by atoms with van der Waals surface area (Å²) in [5.41, 5.74) is 0.732. The summed E-state index contributed by atoms with van der Waals surface area (Å²) < 4.78 is 71.5. The topological polar surface area (TPSA) is 291 Å². The van der Waals surface area contributed by atoms with Crippen LogP contribution in [0, 0.1) is 0 Å². The Morgan fingerprint density at radius 1 is 0.422 bits per heavy atom. The maximum atomic E-state index is 11.9. The molecular weight excluding hydrogens is 649 g/mol. The van der Waals surface area contributed by atoms with Crippen LogP contribution < -0.4 is 47.3 Å². The Kier molecular flexibility index (Phi) is 10.2. The third-order valence-electron chi connectivity index (χ3n) is 5.79. The molecule has 240 valence electrons. The average Bonchev–Trinajstić information content (AvgIpc) is 2.96. The Hall–Kier alpha value is -4.80. The Labute approximate surface area is 259 Å². The zero-order valence-corrected chi connectivity index (χ0v) is 25.7. The summed E-state index contributed by atoms with van der Waals surface area (Å²) in [6.07, 6.45) is 0. The van der Waals surface area contributed by atoms with Gasteiger partial charge in [0.05, 0.1) is 37.1 Å². The van der Waals surface area contributed by atoms with Crippen LogP contribution in [0.4, 0.5) is 34.9 Å². The smallest absolute Gasteiger partial charge is 0.240 e. The summed E-state index contributed by atoms with van der Waals surface area (Å²) >= 11 is 0. The number of aromatic nitrogens is 3. The van der Waals surface area contributed by atoms with Crippen LogP contribution in [-0.4, -0.2) is 60.2 Å². The first kappa shape index (κ1) is 33.1. The van der Waals surface area contributed by atoms with Crippen molar-refractivity contribution in [3.8, 4) is 0 Å². The molecule has 0 bridgehead atoms. The number of anilines is 6. The number of hydrogen-bond acceptors (Lipinski definition) is 15. The number of nitrogens with zero attached hydrogens (tertiary/aromatic N) is 3. The molecule has 0 atom stereocenters. The third kappa shape index (κ3) is 9.34. The normalized spacial score (nSPS) is 11.8. The number of sulfonamides is 3. The van der Waals surface area contributed by atoms with E-state index >= 15 is 0 Å². The number of nitrogens with two attached hydrogens (primary N) is 3. The number of nitrogens with one attached hydrogen (secondary N) is 6. The van der Waals surface area contributed by atoms with Crippen molar-refractivity contribution in [2.24, 2.45) is 15.4 Å². The van der Waals surface area contributed by atoms with Crippen molar-refractivity contribution in [3.05, 3.63) is 72.8 Å². The highest BCUT2D eigenvalue weighted by molar-refractivity contribution is 7.89. The number of benzene rings is 3. The van der Waals surface area contributed by atoms with E-state index in [0.717, 1.165) is 0 Å². The molecular formula is C24H30N12O6S3. The van der Waals surface area contributed by atoms with Gasteiger partial charge >= 0.3 is 0 Å². The van der Waals surface area contributed by atoms with E-state index in [9.17, 15) is 25.3 Å². The van der Waals surface area contributed by atoms with Crippen molar-refractivity contribution in [3.63, 3.8) is 0 Å². The highest BCUT2D eigenvalue weighted by Crippen LogP contribution is 2.21. The van der Waals surface area contributed by atoms with Crippen LogP contribution in [0.15, 0.2) is 87.5 Å². The van der Waals surface area contributed by atoms with Gasteiger partial charge in [-0.1, -0.05) is 36.4 Å². The minimum Gasteiger partial charge on any atom is -0.367 e. The molecule has 1 aromatic heterocycles. The van der Waals surface area contributed by atoms with Gasteiger partial charge in [-0.25, -0.2) is 40.7 Å². The SMILES string of the molecule is NS(=O)(=O)c1ccccc1NCNc1nc(NCNc2ccccc2S(N)(=O)=O)nc(NCNc2ccccc2S(N)(=O)=O)n1. The molecule has 4 aromatic rings. The molecule has 4 rings (SSSR count). The number of primary sulfonamides is 3. The van der Waals surface area contributed by atoms with Crippen LogP contribution in [0.2, 0.25) is 0 Å². The standard InChI is InChI=1S/C24H30N12O6S3/c25-43(37,38)19-10-4-1-7-16(19)28-13-31-22-34-23(32-14-29-17-8-2-5-11-20(17)44(26,39)40)36-24(35-22)33-15-30-18-9-3-6-12-21(18)45(27,41)42/h1-12,28-30H,13-15H2,(H2,25,37,38)(H2,26,39,40)(H2,27,41,42)(H3,31,32,33,34,35,36). The summed E-state index contributed by atoms with van der Waals surface area (Å²) in [4.78, 5) is 12.5. The average molecular weight is 679 g/mol. The van der Waals surface area contributed by atoms with Crippen molar-refractivity contribution in [1.29, 1.82) is 0 Å². The molecule has 0 amide bonds. The molecule has 3 aromatic carbocycles. The van der Waals surface area contributed by atoms with E-state index in [2.05, 4.69) is 46.9 Å². The minimum atomic E-state index is -3.99. The number of hydrogen-bond donors (Lipinski definition) is 9. The molecule has 0 aliphatic heterocycles. The predicted molar refractivity (Wildman–Crippen MR) is 170 cm³/mol. The first-order valence-electron chi connectivity index (χ1n) is 12.8. The fourth-order valence-corrected chi connectivity index (χ4v) is 6.00. The van der Waals surface area contributed by atoms with Crippen LogP contribution in [-0.2, 0) is 30.1 Å². The second-order valence-electron chi connectivity index (χ2n) is 9.02. The van der Waals surface area contributed by atoms with E-state index in [0.29, 0.717) is 0 Å². The van der Waals surface area contributed by atoms with Crippen LogP contribution >= 0.6 is 0 Å².